The maximum absolute atomic E-state index is 13.9. The first kappa shape index (κ1) is 31.0. The second kappa shape index (κ2) is 15.4. The van der Waals surface area contributed by atoms with E-state index in [0.717, 1.165) is 49.2 Å². The van der Waals surface area contributed by atoms with Gasteiger partial charge in [0.1, 0.15) is 18.4 Å². The number of likely N-dealkylation sites (N-methyl/N-ethyl adjacent to an activating group) is 2. The maximum Gasteiger partial charge on any atom is 0.245 e. The van der Waals surface area contributed by atoms with Crippen LogP contribution in [0.2, 0.25) is 0 Å². The number of nitrogens with one attached hydrogen (secondary N) is 1. The van der Waals surface area contributed by atoms with Gasteiger partial charge in [-0.3, -0.25) is 14.5 Å². The van der Waals surface area contributed by atoms with E-state index in [1.165, 1.54) is 19.3 Å². The Morgan fingerprint density at radius 2 is 1.59 bits per heavy atom. The van der Waals surface area contributed by atoms with Crippen molar-refractivity contribution in [1.82, 2.24) is 20.0 Å². The van der Waals surface area contributed by atoms with Crippen LogP contribution in [0.15, 0.2) is 54.6 Å². The Labute approximate surface area is 247 Å². The lowest BCUT2D eigenvalue weighted by atomic mass is 9.91. The zero-order valence-electron chi connectivity index (χ0n) is 25.6. The second-order valence-electron chi connectivity index (χ2n) is 12.4. The number of nitrogens with zero attached hydrogens (tertiary/aromatic N) is 3. The highest BCUT2D eigenvalue weighted by Crippen LogP contribution is 2.25. The molecule has 7 nitrogen and oxygen atoms in total. The van der Waals surface area contributed by atoms with Gasteiger partial charge in [0, 0.05) is 38.6 Å². The Morgan fingerprint density at radius 1 is 0.927 bits per heavy atom. The van der Waals surface area contributed by atoms with Crippen LogP contribution in [0.4, 0.5) is 0 Å². The van der Waals surface area contributed by atoms with Crippen LogP contribution in [0.3, 0.4) is 0 Å². The molecule has 4 rings (SSSR count). The van der Waals surface area contributed by atoms with E-state index in [1.807, 2.05) is 59.5 Å². The number of amides is 2. The summed E-state index contributed by atoms with van der Waals surface area (Å²) in [5.74, 6) is 1.16. The predicted molar refractivity (Wildman–Crippen MR) is 165 cm³/mol. The van der Waals surface area contributed by atoms with Crippen molar-refractivity contribution in [3.63, 3.8) is 0 Å². The number of hydrogen-bond donors (Lipinski definition) is 1. The molecule has 224 valence electrons. The summed E-state index contributed by atoms with van der Waals surface area (Å²) in [6.07, 6.45) is 7.24. The first-order valence-electron chi connectivity index (χ1n) is 15.6. The largest absolute Gasteiger partial charge is 0.489 e. The van der Waals surface area contributed by atoms with Gasteiger partial charge in [0.25, 0.3) is 0 Å². The van der Waals surface area contributed by atoms with Gasteiger partial charge in [0.05, 0.1) is 6.04 Å². The van der Waals surface area contributed by atoms with Crippen LogP contribution >= 0.6 is 0 Å². The maximum atomic E-state index is 13.9. The molecule has 1 saturated heterocycles. The molecule has 1 saturated carbocycles. The lowest BCUT2D eigenvalue weighted by Gasteiger charge is -2.38. The predicted octanol–water partition coefficient (Wildman–Crippen LogP) is 4.75. The highest BCUT2D eigenvalue weighted by Gasteiger charge is 2.34. The molecule has 0 bridgehead atoms. The normalized spacial score (nSPS) is 18.3. The van der Waals surface area contributed by atoms with E-state index in [0.29, 0.717) is 38.1 Å². The Bertz CT molecular complexity index is 1080. The van der Waals surface area contributed by atoms with Crippen LogP contribution in [-0.2, 0) is 22.6 Å². The van der Waals surface area contributed by atoms with Crippen LogP contribution in [0.1, 0.15) is 63.5 Å². The van der Waals surface area contributed by atoms with E-state index in [1.54, 1.807) is 0 Å². The van der Waals surface area contributed by atoms with Crippen LogP contribution in [0.5, 0.6) is 5.75 Å². The van der Waals surface area contributed by atoms with Crippen LogP contribution in [-0.4, -0.2) is 84.9 Å². The minimum absolute atomic E-state index is 0.0134. The number of piperazine rings is 1. The molecule has 2 aromatic carbocycles. The Morgan fingerprint density at radius 3 is 2.22 bits per heavy atom. The zero-order valence-corrected chi connectivity index (χ0v) is 25.6. The third-order valence-corrected chi connectivity index (χ3v) is 8.68. The quantitative estimate of drug-likeness (QED) is 0.405. The molecule has 0 radical (unpaired) electrons. The summed E-state index contributed by atoms with van der Waals surface area (Å²) in [6.45, 7) is 7.91. The van der Waals surface area contributed by atoms with Gasteiger partial charge in [-0.25, -0.2) is 0 Å². The number of hydrogen-bond acceptors (Lipinski definition) is 5. The van der Waals surface area contributed by atoms with Crippen molar-refractivity contribution in [3.05, 3.63) is 65.7 Å². The topological polar surface area (TPSA) is 65.1 Å². The molecule has 1 heterocycles. The molecule has 2 fully saturated rings. The molecular formula is C34H50N4O3. The molecular weight excluding hydrogens is 512 g/mol. The van der Waals surface area contributed by atoms with E-state index >= 15 is 0 Å². The smallest absolute Gasteiger partial charge is 0.245 e. The lowest BCUT2D eigenvalue weighted by molar-refractivity contribution is -0.139. The summed E-state index contributed by atoms with van der Waals surface area (Å²) in [6, 6.07) is 17.6. The zero-order chi connectivity index (χ0) is 29.2. The summed E-state index contributed by atoms with van der Waals surface area (Å²) >= 11 is 0. The Balaban J connectivity index is 1.47. The fourth-order valence-electron chi connectivity index (χ4n) is 6.06. The lowest BCUT2D eigenvalue weighted by Crippen LogP contribution is -2.58. The third-order valence-electron chi connectivity index (χ3n) is 8.68. The van der Waals surface area contributed by atoms with Crippen LogP contribution in [0, 0.1) is 5.92 Å². The third kappa shape index (κ3) is 9.30. The van der Waals surface area contributed by atoms with Crippen molar-refractivity contribution in [2.75, 3.05) is 40.3 Å². The standard InChI is InChI=1S/C34H50N4O3/c1-26(2)23-32(37(4)29-13-9-6-10-14-29)33(39)35-31(34(40)38-21-19-36(3)20-22-38)24-27-15-17-30(18-16-27)41-25-28-11-7-5-8-12-28/h5,7-8,11-12,15-18,26,29,31-32H,6,9-10,13-14,19-25H2,1-4H3,(H,35,39)/t31-,32-/m0/s1. The van der Waals surface area contributed by atoms with Crippen molar-refractivity contribution in [2.24, 2.45) is 5.92 Å². The van der Waals surface area contributed by atoms with E-state index in [9.17, 15) is 9.59 Å². The highest BCUT2D eigenvalue weighted by molar-refractivity contribution is 5.90. The van der Waals surface area contributed by atoms with Gasteiger partial charge >= 0.3 is 0 Å². The van der Waals surface area contributed by atoms with E-state index in [-0.39, 0.29) is 17.9 Å². The minimum atomic E-state index is -0.601. The Hall–Kier alpha value is -2.90. The molecule has 7 heteroatoms. The summed E-state index contributed by atoms with van der Waals surface area (Å²) in [7, 11) is 4.19. The number of rotatable bonds is 12. The minimum Gasteiger partial charge on any atom is -0.489 e. The van der Waals surface area contributed by atoms with Crippen molar-refractivity contribution in [2.45, 2.75) is 83.5 Å². The molecule has 0 unspecified atom stereocenters. The van der Waals surface area contributed by atoms with Gasteiger partial charge in [0.2, 0.25) is 11.8 Å². The van der Waals surface area contributed by atoms with E-state index in [4.69, 9.17) is 4.74 Å². The number of carbonyl (C=O) groups is 2. The van der Waals surface area contributed by atoms with Gasteiger partial charge in [-0.2, -0.15) is 0 Å². The first-order chi connectivity index (χ1) is 19.8. The van der Waals surface area contributed by atoms with Gasteiger partial charge in [-0.1, -0.05) is 75.6 Å². The molecule has 2 aliphatic rings. The average Bonchev–Trinajstić information content (AvgIpc) is 2.99. The monoisotopic (exact) mass is 562 g/mol. The highest BCUT2D eigenvalue weighted by atomic mass is 16.5. The van der Waals surface area contributed by atoms with Crippen LogP contribution in [0.25, 0.3) is 0 Å². The fraction of sp³-hybridized carbons (Fsp3) is 0.588. The number of ether oxygens (including phenoxy) is 1. The Kier molecular flexibility index (Phi) is 11.6. The molecule has 1 N–H and O–H groups in total. The van der Waals surface area contributed by atoms with Gasteiger partial charge in [-0.05, 0) is 62.5 Å². The summed E-state index contributed by atoms with van der Waals surface area (Å²) in [5, 5.41) is 3.24. The summed E-state index contributed by atoms with van der Waals surface area (Å²) in [4.78, 5) is 34.2. The van der Waals surface area contributed by atoms with Crippen molar-refractivity contribution in [1.29, 1.82) is 0 Å². The molecule has 2 atom stereocenters. The van der Waals surface area contributed by atoms with Gasteiger partial charge in [0.15, 0.2) is 0 Å². The molecule has 2 aromatic rings. The van der Waals surface area contributed by atoms with E-state index in [2.05, 4.69) is 43.1 Å². The SMILES string of the molecule is CC(C)C[C@@H](C(=O)N[C@@H](Cc1ccc(OCc2ccccc2)cc1)C(=O)N1CCN(C)CC1)N(C)C1CCCCC1. The van der Waals surface area contributed by atoms with Crippen molar-refractivity contribution in [3.8, 4) is 5.75 Å². The van der Waals surface area contributed by atoms with E-state index < -0.39 is 6.04 Å². The first-order valence-corrected chi connectivity index (χ1v) is 15.6. The second-order valence-corrected chi connectivity index (χ2v) is 12.4. The summed E-state index contributed by atoms with van der Waals surface area (Å²) < 4.78 is 5.97. The molecule has 2 amide bonds. The summed E-state index contributed by atoms with van der Waals surface area (Å²) in [5.41, 5.74) is 2.12. The van der Waals surface area contributed by atoms with Crippen LogP contribution < -0.4 is 10.1 Å². The molecule has 1 aliphatic carbocycles. The molecule has 41 heavy (non-hydrogen) atoms. The van der Waals surface area contributed by atoms with Crippen molar-refractivity contribution >= 4 is 11.8 Å². The number of benzene rings is 2. The van der Waals surface area contributed by atoms with Gasteiger partial charge in [-0.15, -0.1) is 0 Å². The molecule has 0 spiro atoms. The average molecular weight is 563 g/mol. The molecule has 1 aliphatic heterocycles. The van der Waals surface area contributed by atoms with Crippen molar-refractivity contribution < 1.29 is 14.3 Å². The fourth-order valence-corrected chi connectivity index (χ4v) is 6.06. The van der Waals surface area contributed by atoms with Gasteiger partial charge < -0.3 is 19.9 Å². The number of carbonyl (C=O) groups excluding carboxylic acids is 2. The molecule has 0 aromatic heterocycles.